The van der Waals surface area contributed by atoms with Gasteiger partial charge in [0.05, 0.1) is 13.2 Å². The van der Waals surface area contributed by atoms with E-state index in [-0.39, 0.29) is 18.8 Å². The Bertz CT molecular complexity index is 294. The summed E-state index contributed by atoms with van der Waals surface area (Å²) in [7, 11) is 0. The number of rotatable bonds is 14. The van der Waals surface area contributed by atoms with Crippen LogP contribution in [0.1, 0.15) is 78.1 Å². The molecule has 5 nitrogen and oxygen atoms in total. The highest BCUT2D eigenvalue weighted by atomic mass is 16.5. The molecule has 2 N–H and O–H groups in total. The minimum atomic E-state index is -0.737. The summed E-state index contributed by atoms with van der Waals surface area (Å²) in [6.07, 6.45) is 8.95. The molecule has 130 valence electrons. The summed E-state index contributed by atoms with van der Waals surface area (Å²) in [5, 5.41) is 0. The third-order valence-electron chi connectivity index (χ3n) is 3.47. The second-order valence-corrected chi connectivity index (χ2v) is 5.65. The molecule has 0 fully saturated rings. The average Bonchev–Trinajstić information content (AvgIpc) is 2.52. The molecule has 0 saturated heterocycles. The Morgan fingerprint density at radius 1 is 0.864 bits per heavy atom. The van der Waals surface area contributed by atoms with Gasteiger partial charge in [-0.3, -0.25) is 9.59 Å². The molecule has 0 radical (unpaired) electrons. The lowest BCUT2D eigenvalue weighted by Crippen LogP contribution is -2.33. The Hall–Kier alpha value is -1.10. The van der Waals surface area contributed by atoms with Crippen LogP contribution in [0.3, 0.4) is 0 Å². The number of hydrogen-bond donors (Lipinski definition) is 1. The summed E-state index contributed by atoms with van der Waals surface area (Å²) in [6, 6.07) is -0.737. The summed E-state index contributed by atoms with van der Waals surface area (Å²) in [4.78, 5) is 23.1. The molecule has 0 rings (SSSR count). The van der Waals surface area contributed by atoms with Gasteiger partial charge in [-0.25, -0.2) is 0 Å². The minimum absolute atomic E-state index is 0.167. The lowest BCUT2D eigenvalue weighted by molar-refractivity contribution is -0.146. The van der Waals surface area contributed by atoms with Gasteiger partial charge in [-0.2, -0.15) is 0 Å². The maximum absolute atomic E-state index is 11.6. The number of ether oxygens (including phenoxy) is 2. The molecular weight excluding hydrogens is 282 g/mol. The zero-order chi connectivity index (χ0) is 16.6. The second-order valence-electron chi connectivity index (χ2n) is 5.65. The van der Waals surface area contributed by atoms with Crippen molar-refractivity contribution in [1.29, 1.82) is 0 Å². The molecule has 0 aromatic heterocycles. The highest BCUT2D eigenvalue weighted by Crippen LogP contribution is 2.04. The van der Waals surface area contributed by atoms with Crippen molar-refractivity contribution in [2.75, 3.05) is 13.2 Å². The van der Waals surface area contributed by atoms with Crippen LogP contribution < -0.4 is 5.73 Å². The monoisotopic (exact) mass is 315 g/mol. The number of unbranched alkanes of at least 4 members (excludes halogenated alkanes) is 6. The zero-order valence-electron chi connectivity index (χ0n) is 14.3. The van der Waals surface area contributed by atoms with Gasteiger partial charge < -0.3 is 15.2 Å². The SMILES string of the molecule is CCCCCCOC(=O)CCC(N)C(=O)OCCCCCC. The van der Waals surface area contributed by atoms with Crippen LogP contribution in [0.15, 0.2) is 0 Å². The van der Waals surface area contributed by atoms with Crippen molar-refractivity contribution in [2.45, 2.75) is 84.1 Å². The first-order valence-electron chi connectivity index (χ1n) is 8.69. The van der Waals surface area contributed by atoms with Crippen LogP contribution >= 0.6 is 0 Å². The minimum Gasteiger partial charge on any atom is -0.466 e. The van der Waals surface area contributed by atoms with E-state index >= 15 is 0 Å². The van der Waals surface area contributed by atoms with Gasteiger partial charge in [0.1, 0.15) is 6.04 Å². The predicted molar refractivity (Wildman–Crippen MR) is 87.4 cm³/mol. The standard InChI is InChI=1S/C17H33NO4/c1-3-5-7-9-13-21-16(19)12-11-15(18)17(20)22-14-10-8-6-4-2/h15H,3-14,18H2,1-2H3. The van der Waals surface area contributed by atoms with Gasteiger partial charge in [0.15, 0.2) is 0 Å². The fourth-order valence-electron chi connectivity index (χ4n) is 1.99. The van der Waals surface area contributed by atoms with Gasteiger partial charge in [0.25, 0.3) is 0 Å². The van der Waals surface area contributed by atoms with Gasteiger partial charge in [0, 0.05) is 6.42 Å². The van der Waals surface area contributed by atoms with Crippen molar-refractivity contribution in [3.63, 3.8) is 0 Å². The maximum atomic E-state index is 11.6. The summed E-state index contributed by atoms with van der Waals surface area (Å²) in [5.74, 6) is -0.713. The molecule has 0 aliphatic rings. The van der Waals surface area contributed by atoms with Gasteiger partial charge in [0.2, 0.25) is 0 Å². The Balaban J connectivity index is 3.58. The predicted octanol–water partition coefficient (Wildman–Crippen LogP) is 3.34. The highest BCUT2D eigenvalue weighted by Gasteiger charge is 2.16. The van der Waals surface area contributed by atoms with Crippen LogP contribution in [0.2, 0.25) is 0 Å². The molecule has 0 heterocycles. The van der Waals surface area contributed by atoms with E-state index in [1.165, 1.54) is 0 Å². The third-order valence-corrected chi connectivity index (χ3v) is 3.47. The quantitative estimate of drug-likeness (QED) is 0.393. The van der Waals surface area contributed by atoms with Crippen molar-refractivity contribution < 1.29 is 19.1 Å². The molecule has 22 heavy (non-hydrogen) atoms. The maximum Gasteiger partial charge on any atom is 0.322 e. The molecule has 0 aliphatic carbocycles. The van der Waals surface area contributed by atoms with E-state index in [4.69, 9.17) is 15.2 Å². The molecule has 0 aromatic carbocycles. The van der Waals surface area contributed by atoms with E-state index in [2.05, 4.69) is 13.8 Å². The average molecular weight is 315 g/mol. The molecule has 0 amide bonds. The summed E-state index contributed by atoms with van der Waals surface area (Å²) >= 11 is 0. The van der Waals surface area contributed by atoms with Crippen LogP contribution in [-0.2, 0) is 19.1 Å². The summed E-state index contributed by atoms with van der Waals surface area (Å²) < 4.78 is 10.2. The Labute approximate surface area is 134 Å². The largest absolute Gasteiger partial charge is 0.466 e. The molecule has 1 atom stereocenters. The van der Waals surface area contributed by atoms with Crippen LogP contribution in [-0.4, -0.2) is 31.2 Å². The van der Waals surface area contributed by atoms with E-state index in [1.54, 1.807) is 0 Å². The first-order valence-corrected chi connectivity index (χ1v) is 8.69. The second kappa shape index (κ2) is 14.8. The van der Waals surface area contributed by atoms with E-state index in [0.717, 1.165) is 51.4 Å². The lowest BCUT2D eigenvalue weighted by atomic mass is 10.1. The molecule has 0 aromatic rings. The fourth-order valence-corrected chi connectivity index (χ4v) is 1.99. The van der Waals surface area contributed by atoms with E-state index in [9.17, 15) is 9.59 Å². The van der Waals surface area contributed by atoms with Gasteiger partial charge in [-0.1, -0.05) is 52.4 Å². The van der Waals surface area contributed by atoms with E-state index in [0.29, 0.717) is 13.2 Å². The van der Waals surface area contributed by atoms with Crippen molar-refractivity contribution in [1.82, 2.24) is 0 Å². The normalized spacial score (nSPS) is 12.0. The first-order chi connectivity index (χ1) is 10.6. The smallest absolute Gasteiger partial charge is 0.322 e. The zero-order valence-corrected chi connectivity index (χ0v) is 14.3. The Kier molecular flexibility index (Phi) is 14.1. The van der Waals surface area contributed by atoms with Gasteiger partial charge in [-0.05, 0) is 19.3 Å². The number of carbonyl (C=O) groups excluding carboxylic acids is 2. The molecule has 1 unspecified atom stereocenters. The van der Waals surface area contributed by atoms with E-state index in [1.807, 2.05) is 0 Å². The lowest BCUT2D eigenvalue weighted by Gasteiger charge is -2.11. The van der Waals surface area contributed by atoms with Gasteiger partial charge >= 0.3 is 11.9 Å². The van der Waals surface area contributed by atoms with Crippen LogP contribution in [0, 0.1) is 0 Å². The summed E-state index contributed by atoms with van der Waals surface area (Å²) in [6.45, 7) is 5.13. The van der Waals surface area contributed by atoms with E-state index < -0.39 is 12.0 Å². The topological polar surface area (TPSA) is 78.6 Å². The highest BCUT2D eigenvalue weighted by molar-refractivity contribution is 5.77. The number of hydrogen-bond acceptors (Lipinski definition) is 5. The number of esters is 2. The Morgan fingerprint density at radius 2 is 1.41 bits per heavy atom. The molecule has 5 heteroatoms. The molecule has 0 bridgehead atoms. The van der Waals surface area contributed by atoms with Gasteiger partial charge in [-0.15, -0.1) is 0 Å². The van der Waals surface area contributed by atoms with Crippen molar-refractivity contribution in [3.05, 3.63) is 0 Å². The third kappa shape index (κ3) is 12.6. The molecule has 0 saturated carbocycles. The Morgan fingerprint density at radius 3 is 1.95 bits per heavy atom. The van der Waals surface area contributed by atoms with Crippen molar-refractivity contribution >= 4 is 11.9 Å². The first kappa shape index (κ1) is 20.9. The number of carbonyl (C=O) groups is 2. The summed E-state index contributed by atoms with van der Waals surface area (Å²) in [5.41, 5.74) is 5.72. The molecule has 0 spiro atoms. The van der Waals surface area contributed by atoms with Crippen LogP contribution in [0.5, 0.6) is 0 Å². The molecule has 0 aliphatic heterocycles. The van der Waals surface area contributed by atoms with Crippen LogP contribution in [0.25, 0.3) is 0 Å². The number of nitrogens with two attached hydrogens (primary N) is 1. The van der Waals surface area contributed by atoms with Crippen molar-refractivity contribution in [3.8, 4) is 0 Å². The molecular formula is C17H33NO4. The van der Waals surface area contributed by atoms with Crippen LogP contribution in [0.4, 0.5) is 0 Å². The fraction of sp³-hybridized carbons (Fsp3) is 0.882. The van der Waals surface area contributed by atoms with Crippen molar-refractivity contribution in [2.24, 2.45) is 5.73 Å².